The summed E-state index contributed by atoms with van der Waals surface area (Å²) < 4.78 is 10.5. The molecule has 0 radical (unpaired) electrons. The van der Waals surface area contributed by atoms with E-state index in [4.69, 9.17) is 9.47 Å². The fourth-order valence-corrected chi connectivity index (χ4v) is 2.74. The van der Waals surface area contributed by atoms with Crippen LogP contribution in [-0.2, 0) is 16.0 Å². The Labute approximate surface area is 163 Å². The SMILES string of the molecule is CCCCCCCNC(=O)CCC(=O)NCCc1ccc(OC)c(OC)c1. The van der Waals surface area contributed by atoms with Gasteiger partial charge in [-0.15, -0.1) is 0 Å². The third kappa shape index (κ3) is 9.87. The second-order valence-corrected chi connectivity index (χ2v) is 6.55. The summed E-state index contributed by atoms with van der Waals surface area (Å²) in [5.74, 6) is 1.20. The summed E-state index contributed by atoms with van der Waals surface area (Å²) in [6.07, 6.45) is 6.97. The molecule has 0 atom stereocenters. The van der Waals surface area contributed by atoms with Crippen molar-refractivity contribution in [2.75, 3.05) is 27.3 Å². The third-order valence-electron chi connectivity index (χ3n) is 4.37. The monoisotopic (exact) mass is 378 g/mol. The number of ether oxygens (including phenoxy) is 2. The number of nitrogens with one attached hydrogen (secondary N) is 2. The molecule has 0 heterocycles. The molecular formula is C21H34N2O4. The van der Waals surface area contributed by atoms with Gasteiger partial charge < -0.3 is 20.1 Å². The van der Waals surface area contributed by atoms with Crippen LogP contribution in [0.1, 0.15) is 57.4 Å². The molecule has 0 aliphatic rings. The van der Waals surface area contributed by atoms with Gasteiger partial charge in [-0.05, 0) is 30.5 Å². The number of benzene rings is 1. The van der Waals surface area contributed by atoms with E-state index in [1.165, 1.54) is 19.3 Å². The molecule has 2 amide bonds. The van der Waals surface area contributed by atoms with E-state index in [0.717, 1.165) is 18.4 Å². The van der Waals surface area contributed by atoms with Crippen LogP contribution in [0.15, 0.2) is 18.2 Å². The number of amides is 2. The number of carbonyl (C=O) groups excluding carboxylic acids is 2. The van der Waals surface area contributed by atoms with Crippen LogP contribution in [0, 0.1) is 0 Å². The number of methoxy groups -OCH3 is 2. The van der Waals surface area contributed by atoms with Gasteiger partial charge in [0.2, 0.25) is 11.8 Å². The van der Waals surface area contributed by atoms with Gasteiger partial charge in [0.15, 0.2) is 11.5 Å². The molecule has 1 aromatic rings. The number of hydrogen-bond donors (Lipinski definition) is 2. The predicted molar refractivity (Wildman–Crippen MR) is 107 cm³/mol. The zero-order valence-corrected chi connectivity index (χ0v) is 16.9. The van der Waals surface area contributed by atoms with Crippen molar-refractivity contribution >= 4 is 11.8 Å². The van der Waals surface area contributed by atoms with Gasteiger partial charge in [0.25, 0.3) is 0 Å². The first-order chi connectivity index (χ1) is 13.1. The first-order valence-electron chi connectivity index (χ1n) is 9.85. The maximum Gasteiger partial charge on any atom is 0.220 e. The first kappa shape index (κ1) is 22.8. The quantitative estimate of drug-likeness (QED) is 0.487. The van der Waals surface area contributed by atoms with Gasteiger partial charge in [-0.1, -0.05) is 38.7 Å². The summed E-state index contributed by atoms with van der Waals surface area (Å²) in [6, 6.07) is 5.70. The van der Waals surface area contributed by atoms with E-state index in [-0.39, 0.29) is 24.7 Å². The lowest BCUT2D eigenvalue weighted by Gasteiger charge is -2.10. The summed E-state index contributed by atoms with van der Waals surface area (Å²) in [4.78, 5) is 23.6. The average Bonchev–Trinajstić information content (AvgIpc) is 2.68. The molecule has 6 nitrogen and oxygen atoms in total. The fraction of sp³-hybridized carbons (Fsp3) is 0.619. The van der Waals surface area contributed by atoms with Crippen LogP contribution in [0.4, 0.5) is 0 Å². The minimum atomic E-state index is -0.103. The van der Waals surface area contributed by atoms with E-state index in [1.807, 2.05) is 18.2 Å². The van der Waals surface area contributed by atoms with E-state index in [9.17, 15) is 9.59 Å². The predicted octanol–water partition coefficient (Wildman–Crippen LogP) is 3.23. The highest BCUT2D eigenvalue weighted by molar-refractivity contribution is 5.83. The van der Waals surface area contributed by atoms with Crippen molar-refractivity contribution in [3.8, 4) is 11.5 Å². The molecule has 27 heavy (non-hydrogen) atoms. The van der Waals surface area contributed by atoms with Crippen molar-refractivity contribution in [1.29, 1.82) is 0 Å². The Hall–Kier alpha value is -2.24. The van der Waals surface area contributed by atoms with Crippen LogP contribution >= 0.6 is 0 Å². The second kappa shape index (κ2) is 13.9. The van der Waals surface area contributed by atoms with Crippen LogP contribution < -0.4 is 20.1 Å². The molecule has 0 unspecified atom stereocenters. The molecule has 0 spiro atoms. The highest BCUT2D eigenvalue weighted by Crippen LogP contribution is 2.27. The summed E-state index contributed by atoms with van der Waals surface area (Å²) in [7, 11) is 3.19. The van der Waals surface area contributed by atoms with Gasteiger partial charge in [0, 0.05) is 25.9 Å². The third-order valence-corrected chi connectivity index (χ3v) is 4.37. The highest BCUT2D eigenvalue weighted by atomic mass is 16.5. The van der Waals surface area contributed by atoms with E-state index >= 15 is 0 Å². The van der Waals surface area contributed by atoms with Crippen LogP contribution in [0.25, 0.3) is 0 Å². The molecule has 1 rings (SSSR count). The Morgan fingerprint density at radius 1 is 0.852 bits per heavy atom. The standard InChI is InChI=1S/C21H34N2O4/c1-4-5-6-7-8-14-22-20(24)11-12-21(25)23-15-13-17-9-10-18(26-2)19(16-17)27-3/h9-10,16H,4-8,11-15H2,1-3H3,(H,22,24)(H,23,25). The van der Waals surface area contributed by atoms with Crippen molar-refractivity contribution in [3.63, 3.8) is 0 Å². The molecule has 152 valence electrons. The van der Waals surface area contributed by atoms with Crippen LogP contribution in [0.5, 0.6) is 11.5 Å². The van der Waals surface area contributed by atoms with Crippen molar-refractivity contribution < 1.29 is 19.1 Å². The largest absolute Gasteiger partial charge is 0.493 e. The lowest BCUT2D eigenvalue weighted by Crippen LogP contribution is -2.29. The normalized spacial score (nSPS) is 10.3. The van der Waals surface area contributed by atoms with Crippen LogP contribution in [-0.4, -0.2) is 39.1 Å². The summed E-state index contributed by atoms with van der Waals surface area (Å²) >= 11 is 0. The molecule has 0 aromatic heterocycles. The maximum absolute atomic E-state index is 11.9. The summed E-state index contributed by atoms with van der Waals surface area (Å²) in [6.45, 7) is 3.40. The van der Waals surface area contributed by atoms with Gasteiger partial charge in [-0.25, -0.2) is 0 Å². The van der Waals surface area contributed by atoms with E-state index in [0.29, 0.717) is 31.0 Å². The van der Waals surface area contributed by atoms with Crippen molar-refractivity contribution in [2.45, 2.75) is 58.3 Å². The number of unbranched alkanes of at least 4 members (excludes halogenated alkanes) is 4. The van der Waals surface area contributed by atoms with Gasteiger partial charge in [0.05, 0.1) is 14.2 Å². The lowest BCUT2D eigenvalue weighted by molar-refractivity contribution is -0.126. The molecule has 0 aliphatic carbocycles. The Morgan fingerprint density at radius 3 is 2.11 bits per heavy atom. The van der Waals surface area contributed by atoms with Crippen LogP contribution in [0.3, 0.4) is 0 Å². The Kier molecular flexibility index (Phi) is 11.7. The molecule has 0 saturated carbocycles. The van der Waals surface area contributed by atoms with E-state index in [1.54, 1.807) is 14.2 Å². The molecule has 0 bridgehead atoms. The molecule has 0 aliphatic heterocycles. The number of rotatable bonds is 14. The van der Waals surface area contributed by atoms with E-state index < -0.39 is 0 Å². The molecule has 2 N–H and O–H groups in total. The van der Waals surface area contributed by atoms with Crippen LogP contribution in [0.2, 0.25) is 0 Å². The average molecular weight is 379 g/mol. The summed E-state index contributed by atoms with van der Waals surface area (Å²) in [5.41, 5.74) is 1.05. The fourth-order valence-electron chi connectivity index (χ4n) is 2.74. The zero-order chi connectivity index (χ0) is 19.9. The van der Waals surface area contributed by atoms with Crippen molar-refractivity contribution in [2.24, 2.45) is 0 Å². The molecule has 0 saturated heterocycles. The smallest absolute Gasteiger partial charge is 0.220 e. The lowest BCUT2D eigenvalue weighted by atomic mass is 10.1. The minimum absolute atomic E-state index is 0.0551. The van der Waals surface area contributed by atoms with Crippen molar-refractivity contribution in [1.82, 2.24) is 10.6 Å². The topological polar surface area (TPSA) is 76.7 Å². The Balaban J connectivity index is 2.16. The maximum atomic E-state index is 11.9. The number of carbonyl (C=O) groups is 2. The van der Waals surface area contributed by atoms with Gasteiger partial charge >= 0.3 is 0 Å². The highest BCUT2D eigenvalue weighted by Gasteiger charge is 2.07. The van der Waals surface area contributed by atoms with Gasteiger partial charge in [0.1, 0.15) is 0 Å². The van der Waals surface area contributed by atoms with Gasteiger partial charge in [-0.3, -0.25) is 9.59 Å². The number of hydrogen-bond acceptors (Lipinski definition) is 4. The molecule has 1 aromatic carbocycles. The first-order valence-corrected chi connectivity index (χ1v) is 9.85. The second-order valence-electron chi connectivity index (χ2n) is 6.55. The molecular weight excluding hydrogens is 344 g/mol. The van der Waals surface area contributed by atoms with Gasteiger partial charge in [-0.2, -0.15) is 0 Å². The molecule has 6 heteroatoms. The minimum Gasteiger partial charge on any atom is -0.493 e. The Morgan fingerprint density at radius 2 is 1.48 bits per heavy atom. The Bertz CT molecular complexity index is 575. The van der Waals surface area contributed by atoms with E-state index in [2.05, 4.69) is 17.6 Å². The molecule has 0 fully saturated rings. The summed E-state index contributed by atoms with van der Waals surface area (Å²) in [5, 5.41) is 5.73. The zero-order valence-electron chi connectivity index (χ0n) is 16.9. The van der Waals surface area contributed by atoms with Crippen molar-refractivity contribution in [3.05, 3.63) is 23.8 Å².